The minimum Gasteiger partial charge on any atom is -0.347 e. The number of hydrogen-bond acceptors (Lipinski definition) is 4. The number of hydrogen-bond donors (Lipinski definition) is 3. The highest BCUT2D eigenvalue weighted by molar-refractivity contribution is 5.95. The van der Waals surface area contributed by atoms with Crippen LogP contribution in [0.15, 0.2) is 54.9 Å². The molecule has 0 aliphatic carbocycles. The van der Waals surface area contributed by atoms with Gasteiger partial charge in [-0.2, -0.15) is 0 Å². The number of aromatic nitrogens is 1. The van der Waals surface area contributed by atoms with E-state index in [1.54, 1.807) is 12.1 Å². The number of nitrogens with zero attached hydrogens (tertiary/aromatic N) is 1. The van der Waals surface area contributed by atoms with Crippen LogP contribution in [0.25, 0.3) is 0 Å². The lowest BCUT2D eigenvalue weighted by molar-refractivity contribution is -0.126. The molecule has 0 radical (unpaired) electrons. The smallest absolute Gasteiger partial charge is 0.271 e. The second-order valence-corrected chi connectivity index (χ2v) is 4.68. The van der Waals surface area contributed by atoms with Gasteiger partial charge in [-0.25, -0.2) is 0 Å². The lowest BCUT2D eigenvalue weighted by atomic mass is 10.1. The summed E-state index contributed by atoms with van der Waals surface area (Å²) in [6, 6.07) is 12.4. The summed E-state index contributed by atoms with van der Waals surface area (Å²) < 4.78 is 0. The molecule has 1 aromatic heterocycles. The number of hydrazine groups is 1. The zero-order chi connectivity index (χ0) is 16.5. The molecule has 0 aliphatic heterocycles. The summed E-state index contributed by atoms with van der Waals surface area (Å²) in [6.45, 7) is -0.223. The molecule has 0 spiro atoms. The molecule has 0 bridgehead atoms. The maximum absolute atomic E-state index is 11.7. The molecule has 1 aromatic carbocycles. The van der Waals surface area contributed by atoms with Crippen LogP contribution in [-0.4, -0.2) is 29.3 Å². The Balaban J connectivity index is 1.69. The first-order valence-electron chi connectivity index (χ1n) is 6.95. The summed E-state index contributed by atoms with van der Waals surface area (Å²) in [4.78, 5) is 38.7. The summed E-state index contributed by atoms with van der Waals surface area (Å²) in [7, 11) is 0. The largest absolute Gasteiger partial charge is 0.347 e. The first-order valence-corrected chi connectivity index (χ1v) is 6.95. The molecule has 0 saturated carbocycles. The van der Waals surface area contributed by atoms with Gasteiger partial charge in [0.25, 0.3) is 11.8 Å². The highest BCUT2D eigenvalue weighted by Crippen LogP contribution is 1.98. The van der Waals surface area contributed by atoms with Gasteiger partial charge in [-0.15, -0.1) is 0 Å². The Hall–Kier alpha value is -3.22. The molecule has 7 heteroatoms. The molecule has 118 valence electrons. The quantitative estimate of drug-likeness (QED) is 0.687. The third-order valence-electron chi connectivity index (χ3n) is 2.89. The van der Waals surface area contributed by atoms with Crippen LogP contribution in [0.1, 0.15) is 15.9 Å². The Kier molecular flexibility index (Phi) is 5.81. The third kappa shape index (κ3) is 5.58. The molecule has 3 N–H and O–H groups in total. The molecule has 0 fully saturated rings. The van der Waals surface area contributed by atoms with Gasteiger partial charge in [-0.3, -0.25) is 30.2 Å². The normalized spacial score (nSPS) is 9.74. The Morgan fingerprint density at radius 2 is 1.70 bits per heavy atom. The third-order valence-corrected chi connectivity index (χ3v) is 2.89. The van der Waals surface area contributed by atoms with E-state index in [1.807, 2.05) is 30.3 Å². The average Bonchev–Trinajstić information content (AvgIpc) is 2.59. The Labute approximate surface area is 133 Å². The molecule has 0 saturated heterocycles. The van der Waals surface area contributed by atoms with Crippen LogP contribution >= 0.6 is 0 Å². The van der Waals surface area contributed by atoms with Crippen molar-refractivity contribution in [1.29, 1.82) is 0 Å². The number of carbonyl (C=O) groups is 3. The lowest BCUT2D eigenvalue weighted by Gasteiger charge is -2.08. The van der Waals surface area contributed by atoms with Gasteiger partial charge in [0.1, 0.15) is 0 Å². The SMILES string of the molecule is O=C(Cc1ccccc1)NCC(=O)NNC(=O)c1cccnc1. The molecule has 1 heterocycles. The van der Waals surface area contributed by atoms with Crippen LogP contribution in [0.4, 0.5) is 0 Å². The monoisotopic (exact) mass is 312 g/mol. The fourth-order valence-corrected chi connectivity index (χ4v) is 1.76. The van der Waals surface area contributed by atoms with Crippen molar-refractivity contribution in [2.24, 2.45) is 0 Å². The summed E-state index contributed by atoms with van der Waals surface area (Å²) >= 11 is 0. The number of amides is 3. The molecule has 0 aliphatic rings. The predicted molar refractivity (Wildman–Crippen MR) is 83.0 cm³/mol. The number of rotatable bonds is 5. The number of pyridine rings is 1. The fraction of sp³-hybridized carbons (Fsp3) is 0.125. The van der Waals surface area contributed by atoms with E-state index >= 15 is 0 Å². The van der Waals surface area contributed by atoms with Gasteiger partial charge < -0.3 is 5.32 Å². The van der Waals surface area contributed by atoms with E-state index in [9.17, 15) is 14.4 Å². The van der Waals surface area contributed by atoms with Crippen LogP contribution in [-0.2, 0) is 16.0 Å². The Morgan fingerprint density at radius 1 is 0.913 bits per heavy atom. The average molecular weight is 312 g/mol. The zero-order valence-electron chi connectivity index (χ0n) is 12.3. The van der Waals surface area contributed by atoms with E-state index in [4.69, 9.17) is 0 Å². The van der Waals surface area contributed by atoms with E-state index in [2.05, 4.69) is 21.2 Å². The van der Waals surface area contributed by atoms with Gasteiger partial charge in [-0.1, -0.05) is 30.3 Å². The highest BCUT2D eigenvalue weighted by Gasteiger charge is 2.09. The van der Waals surface area contributed by atoms with Crippen molar-refractivity contribution in [3.05, 3.63) is 66.0 Å². The minimum absolute atomic E-state index is 0.191. The topological polar surface area (TPSA) is 100 Å². The van der Waals surface area contributed by atoms with Crippen LogP contribution in [0.3, 0.4) is 0 Å². The van der Waals surface area contributed by atoms with E-state index in [0.29, 0.717) is 5.56 Å². The summed E-state index contributed by atoms with van der Waals surface area (Å²) in [5.41, 5.74) is 5.64. The van der Waals surface area contributed by atoms with Crippen molar-refractivity contribution in [2.45, 2.75) is 6.42 Å². The van der Waals surface area contributed by atoms with Gasteiger partial charge in [0.05, 0.1) is 18.5 Å². The van der Waals surface area contributed by atoms with E-state index in [0.717, 1.165) is 5.56 Å². The van der Waals surface area contributed by atoms with Crippen molar-refractivity contribution in [3.8, 4) is 0 Å². The van der Waals surface area contributed by atoms with E-state index in [1.165, 1.54) is 12.4 Å². The van der Waals surface area contributed by atoms with Crippen molar-refractivity contribution < 1.29 is 14.4 Å². The van der Waals surface area contributed by atoms with Crippen molar-refractivity contribution in [3.63, 3.8) is 0 Å². The maximum atomic E-state index is 11.7. The zero-order valence-corrected chi connectivity index (χ0v) is 12.3. The van der Waals surface area contributed by atoms with Crippen LogP contribution < -0.4 is 16.2 Å². The second kappa shape index (κ2) is 8.28. The van der Waals surface area contributed by atoms with Gasteiger partial charge in [0, 0.05) is 12.4 Å². The van der Waals surface area contributed by atoms with Crippen LogP contribution in [0.5, 0.6) is 0 Å². The van der Waals surface area contributed by atoms with Gasteiger partial charge in [-0.05, 0) is 17.7 Å². The molecular weight excluding hydrogens is 296 g/mol. The number of benzene rings is 1. The van der Waals surface area contributed by atoms with Gasteiger partial charge in [0.2, 0.25) is 5.91 Å². The number of nitrogens with one attached hydrogen (secondary N) is 3. The fourth-order valence-electron chi connectivity index (χ4n) is 1.76. The van der Waals surface area contributed by atoms with Crippen molar-refractivity contribution in [1.82, 2.24) is 21.2 Å². The van der Waals surface area contributed by atoms with Crippen LogP contribution in [0.2, 0.25) is 0 Å². The first-order chi connectivity index (χ1) is 11.1. The second-order valence-electron chi connectivity index (χ2n) is 4.68. The maximum Gasteiger partial charge on any atom is 0.271 e. The van der Waals surface area contributed by atoms with Crippen molar-refractivity contribution >= 4 is 17.7 Å². The predicted octanol–water partition coefficient (Wildman–Crippen LogP) is 0.202. The molecular formula is C16H16N4O3. The Morgan fingerprint density at radius 3 is 2.39 bits per heavy atom. The molecule has 3 amide bonds. The molecule has 2 aromatic rings. The molecule has 0 atom stereocenters. The first kappa shape index (κ1) is 16.2. The minimum atomic E-state index is -0.524. The molecule has 7 nitrogen and oxygen atoms in total. The lowest BCUT2D eigenvalue weighted by Crippen LogP contribution is -2.46. The Bertz CT molecular complexity index is 674. The van der Waals surface area contributed by atoms with Crippen molar-refractivity contribution in [2.75, 3.05) is 6.54 Å². The summed E-state index contributed by atoms with van der Waals surface area (Å²) in [5.74, 6) is -1.28. The van der Waals surface area contributed by atoms with E-state index < -0.39 is 11.8 Å². The summed E-state index contributed by atoms with van der Waals surface area (Å²) in [6.07, 6.45) is 3.11. The highest BCUT2D eigenvalue weighted by atomic mass is 16.2. The van der Waals surface area contributed by atoms with Gasteiger partial charge >= 0.3 is 0 Å². The number of carbonyl (C=O) groups excluding carboxylic acids is 3. The van der Waals surface area contributed by atoms with Gasteiger partial charge in [0.15, 0.2) is 0 Å². The van der Waals surface area contributed by atoms with E-state index in [-0.39, 0.29) is 18.9 Å². The standard InChI is InChI=1S/C16H16N4O3/c21-14(9-12-5-2-1-3-6-12)18-11-15(22)19-20-16(23)13-7-4-8-17-10-13/h1-8,10H,9,11H2,(H,18,21)(H,19,22)(H,20,23). The molecule has 23 heavy (non-hydrogen) atoms. The molecule has 2 rings (SSSR count). The van der Waals surface area contributed by atoms with Crippen LogP contribution in [0, 0.1) is 0 Å². The molecule has 0 unspecified atom stereocenters. The summed E-state index contributed by atoms with van der Waals surface area (Å²) in [5, 5.41) is 2.48.